The monoisotopic (exact) mass is 304 g/mol. The van der Waals surface area contributed by atoms with Crippen LogP contribution in [0.3, 0.4) is 0 Å². The van der Waals surface area contributed by atoms with Crippen molar-refractivity contribution in [3.05, 3.63) is 40.6 Å². The molecule has 0 aliphatic rings. The molecule has 2 aromatic rings. The summed E-state index contributed by atoms with van der Waals surface area (Å²) in [6, 6.07) is 3.80. The summed E-state index contributed by atoms with van der Waals surface area (Å²) < 4.78 is 39.8. The Morgan fingerprint density at radius 2 is 1.88 bits per heavy atom. The normalized spacial score (nSPS) is 11.8. The molecule has 0 saturated heterocycles. The minimum Gasteiger partial charge on any atom is -0.275 e. The Bertz CT molecular complexity index is 546. The number of rotatable bonds is 1. The van der Waals surface area contributed by atoms with Crippen LogP contribution in [-0.4, -0.2) is 9.78 Å². The van der Waals surface area contributed by atoms with E-state index in [1.165, 1.54) is 6.20 Å². The van der Waals surface area contributed by atoms with Gasteiger partial charge in [-0.25, -0.2) is 0 Å². The second-order valence-electron chi connectivity index (χ2n) is 3.63. The Kier molecular flexibility index (Phi) is 2.99. The Morgan fingerprint density at radius 3 is 2.41 bits per heavy atom. The molecule has 90 valence electrons. The SMILES string of the molecule is Cn1cc(-c2cc(Br)cc(C(F)(F)F)c2)cn1. The Morgan fingerprint density at radius 1 is 1.18 bits per heavy atom. The Labute approximate surface area is 104 Å². The molecule has 0 bridgehead atoms. The van der Waals surface area contributed by atoms with E-state index in [0.717, 1.165) is 12.1 Å². The lowest BCUT2D eigenvalue weighted by Crippen LogP contribution is -2.04. The van der Waals surface area contributed by atoms with Crippen LogP contribution in [0.5, 0.6) is 0 Å². The maximum atomic E-state index is 12.6. The number of hydrogen-bond acceptors (Lipinski definition) is 1. The van der Waals surface area contributed by atoms with Crippen molar-refractivity contribution in [2.24, 2.45) is 7.05 Å². The van der Waals surface area contributed by atoms with Crippen LogP contribution >= 0.6 is 15.9 Å². The van der Waals surface area contributed by atoms with Gasteiger partial charge in [-0.15, -0.1) is 0 Å². The van der Waals surface area contributed by atoms with Gasteiger partial charge in [0, 0.05) is 23.3 Å². The van der Waals surface area contributed by atoms with Crippen LogP contribution < -0.4 is 0 Å². The number of aryl methyl sites for hydroxylation is 1. The highest BCUT2D eigenvalue weighted by atomic mass is 79.9. The van der Waals surface area contributed by atoms with Gasteiger partial charge < -0.3 is 0 Å². The zero-order chi connectivity index (χ0) is 12.6. The van der Waals surface area contributed by atoms with Gasteiger partial charge in [-0.1, -0.05) is 15.9 Å². The highest BCUT2D eigenvalue weighted by Crippen LogP contribution is 2.34. The maximum Gasteiger partial charge on any atom is 0.416 e. The number of halogens is 4. The first-order valence-electron chi connectivity index (χ1n) is 4.73. The predicted molar refractivity (Wildman–Crippen MR) is 61.3 cm³/mol. The fourth-order valence-electron chi connectivity index (χ4n) is 1.49. The molecule has 1 heterocycles. The van der Waals surface area contributed by atoms with Gasteiger partial charge in [0.25, 0.3) is 0 Å². The summed E-state index contributed by atoms with van der Waals surface area (Å²) in [6.45, 7) is 0. The number of aromatic nitrogens is 2. The summed E-state index contributed by atoms with van der Waals surface area (Å²) in [5.74, 6) is 0. The van der Waals surface area contributed by atoms with Crippen LogP contribution in [-0.2, 0) is 13.2 Å². The van der Waals surface area contributed by atoms with Crippen LogP contribution in [0.1, 0.15) is 5.56 Å². The number of alkyl halides is 3. The quantitative estimate of drug-likeness (QED) is 0.782. The van der Waals surface area contributed by atoms with Gasteiger partial charge >= 0.3 is 6.18 Å². The van der Waals surface area contributed by atoms with Gasteiger partial charge in [-0.3, -0.25) is 4.68 Å². The van der Waals surface area contributed by atoms with Crippen molar-refractivity contribution in [2.75, 3.05) is 0 Å². The van der Waals surface area contributed by atoms with Crippen LogP contribution in [0.2, 0.25) is 0 Å². The Hall–Kier alpha value is -1.30. The Balaban J connectivity index is 2.52. The second kappa shape index (κ2) is 4.18. The number of benzene rings is 1. The molecule has 0 aliphatic carbocycles. The summed E-state index contributed by atoms with van der Waals surface area (Å²) in [5.41, 5.74) is 0.463. The van der Waals surface area contributed by atoms with Gasteiger partial charge in [-0.05, 0) is 23.8 Å². The fraction of sp³-hybridized carbons (Fsp3) is 0.182. The molecule has 0 radical (unpaired) electrons. The molecule has 1 aromatic carbocycles. The molecule has 0 saturated carbocycles. The lowest BCUT2D eigenvalue weighted by atomic mass is 10.1. The molecule has 0 N–H and O–H groups in total. The van der Waals surface area contributed by atoms with Gasteiger partial charge in [0.05, 0.1) is 11.8 Å². The second-order valence-corrected chi connectivity index (χ2v) is 4.54. The van der Waals surface area contributed by atoms with Crippen LogP contribution in [0.15, 0.2) is 35.1 Å². The van der Waals surface area contributed by atoms with Crippen molar-refractivity contribution in [1.82, 2.24) is 9.78 Å². The van der Waals surface area contributed by atoms with E-state index in [-0.39, 0.29) is 0 Å². The molecule has 0 aliphatic heterocycles. The van der Waals surface area contributed by atoms with Gasteiger partial charge in [0.1, 0.15) is 0 Å². The van der Waals surface area contributed by atoms with Crippen LogP contribution in [0.25, 0.3) is 11.1 Å². The standard InChI is InChI=1S/C11H8BrF3N2/c1-17-6-8(5-16-17)7-2-9(11(13,14)15)4-10(12)3-7/h2-6H,1H3. The van der Waals surface area contributed by atoms with Crippen molar-refractivity contribution >= 4 is 15.9 Å². The van der Waals surface area contributed by atoms with E-state index < -0.39 is 11.7 Å². The van der Waals surface area contributed by atoms with Crippen LogP contribution in [0.4, 0.5) is 13.2 Å². The van der Waals surface area contributed by atoms with Crippen molar-refractivity contribution in [2.45, 2.75) is 6.18 Å². The van der Waals surface area contributed by atoms with Crippen molar-refractivity contribution < 1.29 is 13.2 Å². The third kappa shape index (κ3) is 2.69. The summed E-state index contributed by atoms with van der Waals surface area (Å²) in [4.78, 5) is 0. The summed E-state index contributed by atoms with van der Waals surface area (Å²) in [5, 5.41) is 3.93. The number of nitrogens with zero attached hydrogens (tertiary/aromatic N) is 2. The highest BCUT2D eigenvalue weighted by Gasteiger charge is 2.31. The fourth-order valence-corrected chi connectivity index (χ4v) is 1.98. The maximum absolute atomic E-state index is 12.6. The zero-order valence-corrected chi connectivity index (χ0v) is 10.4. The smallest absolute Gasteiger partial charge is 0.275 e. The van der Waals surface area contributed by atoms with Gasteiger partial charge in [0.2, 0.25) is 0 Å². The van der Waals surface area contributed by atoms with E-state index in [0.29, 0.717) is 15.6 Å². The molecule has 17 heavy (non-hydrogen) atoms. The lowest BCUT2D eigenvalue weighted by Gasteiger charge is -2.09. The lowest BCUT2D eigenvalue weighted by molar-refractivity contribution is -0.137. The third-order valence-electron chi connectivity index (χ3n) is 2.26. The molecule has 1 aromatic heterocycles. The number of hydrogen-bond donors (Lipinski definition) is 0. The van der Waals surface area contributed by atoms with E-state index in [1.807, 2.05) is 0 Å². The first-order valence-corrected chi connectivity index (χ1v) is 5.52. The molecule has 6 heteroatoms. The summed E-state index contributed by atoms with van der Waals surface area (Å²) in [7, 11) is 1.71. The third-order valence-corrected chi connectivity index (χ3v) is 2.72. The first-order chi connectivity index (χ1) is 7.86. The minimum atomic E-state index is -4.35. The van der Waals surface area contributed by atoms with Crippen LogP contribution in [0, 0.1) is 0 Å². The first kappa shape index (κ1) is 12.2. The van der Waals surface area contributed by atoms with Crippen molar-refractivity contribution in [3.63, 3.8) is 0 Å². The predicted octanol–water partition coefficient (Wildman–Crippen LogP) is 3.87. The molecular weight excluding hydrogens is 297 g/mol. The minimum absolute atomic E-state index is 0.395. The average molecular weight is 305 g/mol. The van der Waals surface area contributed by atoms with E-state index in [9.17, 15) is 13.2 Å². The van der Waals surface area contributed by atoms with Crippen molar-refractivity contribution in [3.8, 4) is 11.1 Å². The molecule has 2 rings (SSSR count). The molecule has 0 unspecified atom stereocenters. The highest BCUT2D eigenvalue weighted by molar-refractivity contribution is 9.10. The summed E-state index contributed by atoms with van der Waals surface area (Å²) >= 11 is 3.08. The van der Waals surface area contributed by atoms with E-state index >= 15 is 0 Å². The van der Waals surface area contributed by atoms with Gasteiger partial charge in [-0.2, -0.15) is 18.3 Å². The largest absolute Gasteiger partial charge is 0.416 e. The zero-order valence-electron chi connectivity index (χ0n) is 8.79. The molecule has 0 atom stereocenters. The topological polar surface area (TPSA) is 17.8 Å². The molecule has 0 spiro atoms. The molecule has 0 fully saturated rings. The molecule has 0 amide bonds. The van der Waals surface area contributed by atoms with Crippen molar-refractivity contribution in [1.29, 1.82) is 0 Å². The van der Waals surface area contributed by atoms with Gasteiger partial charge in [0.15, 0.2) is 0 Å². The molecular formula is C11H8BrF3N2. The van der Waals surface area contributed by atoms with E-state index in [2.05, 4.69) is 21.0 Å². The van der Waals surface area contributed by atoms with E-state index in [4.69, 9.17) is 0 Å². The summed E-state index contributed by atoms with van der Waals surface area (Å²) in [6.07, 6.45) is -1.15. The average Bonchev–Trinajstić information content (AvgIpc) is 2.62. The molecule has 2 nitrogen and oxygen atoms in total. The van der Waals surface area contributed by atoms with E-state index in [1.54, 1.807) is 24.0 Å².